The number of carbonyl (C=O) groups is 1. The first-order valence-electron chi connectivity index (χ1n) is 6.65. The molecular formula is C13H24N2O. The second-order valence-corrected chi connectivity index (χ2v) is 5.82. The first-order chi connectivity index (χ1) is 7.65. The second kappa shape index (κ2) is 4.74. The van der Waals surface area contributed by atoms with Gasteiger partial charge in [-0.15, -0.1) is 0 Å². The Hall–Kier alpha value is -0.570. The molecular weight excluding hydrogens is 200 g/mol. The molecule has 0 saturated heterocycles. The SMILES string of the molecule is CC1CCCC1NC(=O)CC1(CN)CCC1. The monoisotopic (exact) mass is 224 g/mol. The molecule has 0 aromatic rings. The molecule has 3 N–H and O–H groups in total. The lowest BCUT2D eigenvalue weighted by Crippen LogP contribution is -2.44. The average molecular weight is 224 g/mol. The van der Waals surface area contributed by atoms with Gasteiger partial charge in [0.25, 0.3) is 0 Å². The largest absolute Gasteiger partial charge is 0.353 e. The summed E-state index contributed by atoms with van der Waals surface area (Å²) in [5, 5.41) is 3.19. The molecule has 0 bridgehead atoms. The number of nitrogens with two attached hydrogens (primary N) is 1. The molecule has 0 heterocycles. The molecule has 2 unspecified atom stereocenters. The van der Waals surface area contributed by atoms with Crippen molar-refractivity contribution in [1.29, 1.82) is 0 Å². The van der Waals surface area contributed by atoms with E-state index in [0.29, 0.717) is 24.9 Å². The van der Waals surface area contributed by atoms with Crippen LogP contribution in [0.4, 0.5) is 0 Å². The molecule has 0 aromatic carbocycles. The van der Waals surface area contributed by atoms with E-state index in [9.17, 15) is 4.79 Å². The van der Waals surface area contributed by atoms with Crippen molar-refractivity contribution >= 4 is 5.91 Å². The molecule has 0 aromatic heterocycles. The number of rotatable bonds is 4. The Balaban J connectivity index is 1.79. The van der Waals surface area contributed by atoms with Crippen molar-refractivity contribution in [2.24, 2.45) is 17.1 Å². The Morgan fingerprint density at radius 1 is 1.38 bits per heavy atom. The van der Waals surface area contributed by atoms with Gasteiger partial charge in [0.15, 0.2) is 0 Å². The minimum Gasteiger partial charge on any atom is -0.353 e. The maximum absolute atomic E-state index is 11.9. The number of nitrogens with one attached hydrogen (secondary N) is 1. The number of hydrogen-bond acceptors (Lipinski definition) is 2. The van der Waals surface area contributed by atoms with Crippen molar-refractivity contribution in [1.82, 2.24) is 5.32 Å². The van der Waals surface area contributed by atoms with Gasteiger partial charge in [-0.05, 0) is 43.6 Å². The molecule has 1 amide bonds. The normalized spacial score (nSPS) is 32.1. The zero-order valence-corrected chi connectivity index (χ0v) is 10.3. The maximum atomic E-state index is 11.9. The zero-order valence-electron chi connectivity index (χ0n) is 10.3. The zero-order chi connectivity index (χ0) is 11.6. The summed E-state index contributed by atoms with van der Waals surface area (Å²) in [6, 6.07) is 0.419. The molecule has 0 radical (unpaired) electrons. The summed E-state index contributed by atoms with van der Waals surface area (Å²) in [5.74, 6) is 0.878. The van der Waals surface area contributed by atoms with Gasteiger partial charge < -0.3 is 11.1 Å². The van der Waals surface area contributed by atoms with Gasteiger partial charge in [0, 0.05) is 12.5 Å². The van der Waals surface area contributed by atoms with Gasteiger partial charge in [0.2, 0.25) is 5.91 Å². The molecule has 3 nitrogen and oxygen atoms in total. The summed E-state index contributed by atoms with van der Waals surface area (Å²) in [4.78, 5) is 11.9. The summed E-state index contributed by atoms with van der Waals surface area (Å²) >= 11 is 0. The standard InChI is InChI=1S/C13H24N2O/c1-10-4-2-5-11(10)15-12(16)8-13(9-14)6-3-7-13/h10-11H,2-9,14H2,1H3,(H,15,16). The van der Waals surface area contributed by atoms with Gasteiger partial charge in [0.1, 0.15) is 0 Å². The molecule has 2 saturated carbocycles. The van der Waals surface area contributed by atoms with Crippen molar-refractivity contribution < 1.29 is 4.79 Å². The van der Waals surface area contributed by atoms with Crippen LogP contribution in [0.1, 0.15) is 51.9 Å². The molecule has 3 heteroatoms. The smallest absolute Gasteiger partial charge is 0.220 e. The highest BCUT2D eigenvalue weighted by molar-refractivity contribution is 5.77. The molecule has 2 fully saturated rings. The third-order valence-corrected chi connectivity index (χ3v) is 4.59. The van der Waals surface area contributed by atoms with Crippen LogP contribution in [0.15, 0.2) is 0 Å². The fraction of sp³-hybridized carbons (Fsp3) is 0.923. The highest BCUT2D eigenvalue weighted by Crippen LogP contribution is 2.42. The van der Waals surface area contributed by atoms with E-state index >= 15 is 0 Å². The lowest BCUT2D eigenvalue weighted by molar-refractivity contribution is -0.125. The molecule has 92 valence electrons. The van der Waals surface area contributed by atoms with Gasteiger partial charge in [-0.1, -0.05) is 19.8 Å². The predicted molar refractivity (Wildman–Crippen MR) is 64.9 cm³/mol. The highest BCUT2D eigenvalue weighted by Gasteiger charge is 2.38. The van der Waals surface area contributed by atoms with E-state index in [-0.39, 0.29) is 11.3 Å². The van der Waals surface area contributed by atoms with Crippen LogP contribution in [0.2, 0.25) is 0 Å². The molecule has 2 aliphatic rings. The first-order valence-corrected chi connectivity index (χ1v) is 6.65. The molecule has 0 aliphatic heterocycles. The van der Waals surface area contributed by atoms with Crippen molar-refractivity contribution in [2.75, 3.05) is 6.54 Å². The van der Waals surface area contributed by atoms with E-state index in [2.05, 4.69) is 12.2 Å². The first kappa shape index (κ1) is 11.9. The van der Waals surface area contributed by atoms with Gasteiger partial charge in [-0.2, -0.15) is 0 Å². The lowest BCUT2D eigenvalue weighted by atomic mass is 9.66. The van der Waals surface area contributed by atoms with Crippen LogP contribution in [0.3, 0.4) is 0 Å². The Morgan fingerprint density at radius 2 is 2.12 bits per heavy atom. The minimum absolute atomic E-state index is 0.145. The van der Waals surface area contributed by atoms with E-state index < -0.39 is 0 Å². The molecule has 2 rings (SSSR count). The lowest BCUT2D eigenvalue weighted by Gasteiger charge is -2.40. The average Bonchev–Trinajstić information content (AvgIpc) is 2.58. The third kappa shape index (κ3) is 2.40. The van der Waals surface area contributed by atoms with Crippen LogP contribution in [0.5, 0.6) is 0 Å². The van der Waals surface area contributed by atoms with Crippen molar-refractivity contribution in [3.05, 3.63) is 0 Å². The number of hydrogen-bond donors (Lipinski definition) is 2. The van der Waals surface area contributed by atoms with Gasteiger partial charge >= 0.3 is 0 Å². The third-order valence-electron chi connectivity index (χ3n) is 4.59. The predicted octanol–water partition coefficient (Wildman–Crippen LogP) is 1.81. The van der Waals surface area contributed by atoms with Crippen LogP contribution in [0, 0.1) is 11.3 Å². The minimum atomic E-state index is 0.145. The topological polar surface area (TPSA) is 55.1 Å². The summed E-state index contributed by atoms with van der Waals surface area (Å²) in [5.41, 5.74) is 5.92. The van der Waals surface area contributed by atoms with Crippen molar-refractivity contribution in [2.45, 2.75) is 57.9 Å². The molecule has 0 spiro atoms. The Kier molecular flexibility index (Phi) is 3.53. The van der Waals surface area contributed by atoms with Gasteiger partial charge in [-0.25, -0.2) is 0 Å². The van der Waals surface area contributed by atoms with E-state index in [1.807, 2.05) is 0 Å². The van der Waals surface area contributed by atoms with E-state index in [1.54, 1.807) is 0 Å². The number of amides is 1. The van der Waals surface area contributed by atoms with Crippen molar-refractivity contribution in [3.8, 4) is 0 Å². The van der Waals surface area contributed by atoms with Crippen LogP contribution >= 0.6 is 0 Å². The van der Waals surface area contributed by atoms with Crippen LogP contribution in [-0.4, -0.2) is 18.5 Å². The van der Waals surface area contributed by atoms with Gasteiger partial charge in [0.05, 0.1) is 0 Å². The van der Waals surface area contributed by atoms with Crippen LogP contribution in [0.25, 0.3) is 0 Å². The van der Waals surface area contributed by atoms with Crippen LogP contribution in [-0.2, 0) is 4.79 Å². The molecule has 2 atom stereocenters. The van der Waals surface area contributed by atoms with E-state index in [4.69, 9.17) is 5.73 Å². The Labute approximate surface area is 98.2 Å². The summed E-state index contributed by atoms with van der Waals surface area (Å²) < 4.78 is 0. The molecule has 2 aliphatic carbocycles. The van der Waals surface area contributed by atoms with Gasteiger partial charge in [-0.3, -0.25) is 4.79 Å². The van der Waals surface area contributed by atoms with Crippen molar-refractivity contribution in [3.63, 3.8) is 0 Å². The summed E-state index contributed by atoms with van der Waals surface area (Å²) in [6.45, 7) is 2.90. The Bertz CT molecular complexity index is 255. The fourth-order valence-corrected chi connectivity index (χ4v) is 3.09. The summed E-state index contributed by atoms with van der Waals surface area (Å²) in [7, 11) is 0. The fourth-order valence-electron chi connectivity index (χ4n) is 3.09. The Morgan fingerprint density at radius 3 is 2.56 bits per heavy atom. The molecule has 16 heavy (non-hydrogen) atoms. The van der Waals surface area contributed by atoms with Crippen LogP contribution < -0.4 is 11.1 Å². The maximum Gasteiger partial charge on any atom is 0.220 e. The summed E-state index contributed by atoms with van der Waals surface area (Å²) in [6.07, 6.45) is 7.83. The highest BCUT2D eigenvalue weighted by atomic mass is 16.1. The quantitative estimate of drug-likeness (QED) is 0.765. The van der Waals surface area contributed by atoms with E-state index in [0.717, 1.165) is 19.3 Å². The van der Waals surface area contributed by atoms with E-state index in [1.165, 1.54) is 19.3 Å². The second-order valence-electron chi connectivity index (χ2n) is 5.82. The number of carbonyl (C=O) groups excluding carboxylic acids is 1.